The summed E-state index contributed by atoms with van der Waals surface area (Å²) in [5.74, 6) is 0.0917. The van der Waals surface area contributed by atoms with Crippen molar-refractivity contribution in [1.82, 2.24) is 0 Å². The molecule has 0 heterocycles. The number of hydrogen-bond acceptors (Lipinski definition) is 3. The molecule has 1 aromatic carbocycles. The normalized spacial score (nSPS) is 13.1. The first-order valence-corrected chi connectivity index (χ1v) is 6.55. The molecule has 0 spiro atoms. The van der Waals surface area contributed by atoms with E-state index in [2.05, 4.69) is 15.9 Å². The summed E-state index contributed by atoms with van der Waals surface area (Å²) in [5.41, 5.74) is 0.411. The summed E-state index contributed by atoms with van der Waals surface area (Å²) in [4.78, 5) is 21.9. The van der Waals surface area contributed by atoms with E-state index in [1.54, 1.807) is 12.1 Å². The van der Waals surface area contributed by atoms with Gasteiger partial charge in [0.25, 0.3) is 5.69 Å². The summed E-state index contributed by atoms with van der Waals surface area (Å²) in [6, 6.07) is 6.37. The van der Waals surface area contributed by atoms with Crippen LogP contribution in [0.1, 0.15) is 26.3 Å². The van der Waals surface area contributed by atoms with Gasteiger partial charge in [-0.15, -0.1) is 0 Å². The minimum Gasteiger partial charge on any atom is -0.298 e. The number of non-ortho nitro benzene ring substituents is 1. The molecule has 0 radical (unpaired) electrons. The Kier molecular flexibility index (Phi) is 4.62. The maximum Gasteiger partial charge on any atom is 0.269 e. The lowest BCUT2D eigenvalue weighted by Gasteiger charge is -2.20. The first-order chi connectivity index (χ1) is 8.21. The van der Waals surface area contributed by atoms with Crippen LogP contribution in [0, 0.1) is 15.5 Å². The third-order valence-corrected chi connectivity index (χ3v) is 3.30. The molecule has 1 aromatic rings. The third kappa shape index (κ3) is 3.91. The van der Waals surface area contributed by atoms with E-state index in [9.17, 15) is 14.9 Å². The minimum atomic E-state index is -0.432. The Morgan fingerprint density at radius 3 is 2.56 bits per heavy atom. The molecule has 18 heavy (non-hydrogen) atoms. The van der Waals surface area contributed by atoms with Crippen molar-refractivity contribution >= 4 is 27.4 Å². The number of hydrogen-bond donors (Lipinski definition) is 0. The number of nitrogens with zero attached hydrogens (tertiary/aromatic N) is 1. The molecule has 0 aliphatic heterocycles. The molecule has 1 unspecified atom stereocenters. The lowest BCUT2D eigenvalue weighted by atomic mass is 9.87. The molecule has 0 aliphatic rings. The Morgan fingerprint density at radius 2 is 2.06 bits per heavy atom. The first kappa shape index (κ1) is 14.8. The van der Waals surface area contributed by atoms with Crippen molar-refractivity contribution in [3.8, 4) is 0 Å². The van der Waals surface area contributed by atoms with Gasteiger partial charge in [0.15, 0.2) is 5.78 Å². The molecule has 0 bridgehead atoms. The molecule has 0 N–H and O–H groups in total. The van der Waals surface area contributed by atoms with Crippen LogP contribution < -0.4 is 0 Å². The molecule has 0 aliphatic carbocycles. The second-order valence-corrected chi connectivity index (χ2v) is 6.32. The highest BCUT2D eigenvalue weighted by atomic mass is 79.9. The van der Waals surface area contributed by atoms with Gasteiger partial charge in [0.05, 0.1) is 9.75 Å². The Morgan fingerprint density at radius 1 is 1.44 bits per heavy atom. The van der Waals surface area contributed by atoms with Gasteiger partial charge in [-0.3, -0.25) is 14.9 Å². The van der Waals surface area contributed by atoms with Gasteiger partial charge < -0.3 is 0 Å². The smallest absolute Gasteiger partial charge is 0.269 e. The molecule has 4 nitrogen and oxygen atoms in total. The van der Waals surface area contributed by atoms with Crippen LogP contribution >= 0.6 is 15.9 Å². The number of alkyl halides is 1. The standard InChI is InChI=1S/C13H16BrNO3/c1-13(2,3)12(16)11(14)8-9-5-4-6-10(7-9)15(17)18/h4-7,11H,8H2,1-3H3. The summed E-state index contributed by atoms with van der Waals surface area (Å²) in [5, 5.41) is 10.7. The number of carbonyl (C=O) groups excluding carboxylic acids is 1. The lowest BCUT2D eigenvalue weighted by molar-refractivity contribution is -0.384. The number of Topliss-reactive ketones (excluding diaryl/α,β-unsaturated/α-hetero) is 1. The van der Waals surface area contributed by atoms with E-state index in [1.165, 1.54) is 12.1 Å². The van der Waals surface area contributed by atoms with Gasteiger partial charge in [-0.1, -0.05) is 48.8 Å². The maximum absolute atomic E-state index is 12.0. The van der Waals surface area contributed by atoms with Crippen molar-refractivity contribution in [2.75, 3.05) is 0 Å². The zero-order valence-corrected chi connectivity index (χ0v) is 12.2. The van der Waals surface area contributed by atoms with Gasteiger partial charge in [0.2, 0.25) is 0 Å². The Balaban J connectivity index is 2.82. The minimum absolute atomic E-state index is 0.0513. The average Bonchev–Trinajstić information content (AvgIpc) is 2.27. The average molecular weight is 314 g/mol. The molecular formula is C13H16BrNO3. The van der Waals surface area contributed by atoms with Crippen molar-refractivity contribution in [2.45, 2.75) is 32.0 Å². The van der Waals surface area contributed by atoms with E-state index in [-0.39, 0.29) is 16.3 Å². The van der Waals surface area contributed by atoms with Gasteiger partial charge in [-0.05, 0) is 12.0 Å². The molecule has 1 atom stereocenters. The number of benzene rings is 1. The summed E-state index contributed by atoms with van der Waals surface area (Å²) >= 11 is 3.36. The second-order valence-electron chi connectivity index (χ2n) is 5.21. The number of rotatable bonds is 4. The van der Waals surface area contributed by atoms with E-state index in [0.717, 1.165) is 5.56 Å². The largest absolute Gasteiger partial charge is 0.298 e. The van der Waals surface area contributed by atoms with E-state index in [0.29, 0.717) is 6.42 Å². The van der Waals surface area contributed by atoms with Crippen molar-refractivity contribution in [1.29, 1.82) is 0 Å². The summed E-state index contributed by atoms with van der Waals surface area (Å²) in [7, 11) is 0. The number of nitro groups is 1. The first-order valence-electron chi connectivity index (χ1n) is 5.63. The molecule has 1 rings (SSSR count). The zero-order chi connectivity index (χ0) is 13.9. The summed E-state index contributed by atoms with van der Waals surface area (Å²) in [6.45, 7) is 5.57. The van der Waals surface area contributed by atoms with Crippen molar-refractivity contribution in [3.05, 3.63) is 39.9 Å². The highest BCUT2D eigenvalue weighted by Gasteiger charge is 2.28. The van der Waals surface area contributed by atoms with Gasteiger partial charge in [0.1, 0.15) is 0 Å². The van der Waals surface area contributed by atoms with Gasteiger partial charge in [-0.2, -0.15) is 0 Å². The molecule has 0 fully saturated rings. The maximum atomic E-state index is 12.0. The Bertz CT molecular complexity index is 466. The van der Waals surface area contributed by atoms with E-state index in [4.69, 9.17) is 0 Å². The topological polar surface area (TPSA) is 60.2 Å². The zero-order valence-electron chi connectivity index (χ0n) is 10.6. The van der Waals surface area contributed by atoms with E-state index < -0.39 is 10.3 Å². The van der Waals surface area contributed by atoms with Gasteiger partial charge >= 0.3 is 0 Å². The molecular weight excluding hydrogens is 298 g/mol. The highest BCUT2D eigenvalue weighted by molar-refractivity contribution is 9.10. The number of nitro benzene ring substituents is 1. The van der Waals surface area contributed by atoms with Crippen LogP contribution in [0.25, 0.3) is 0 Å². The number of ketones is 1. The van der Waals surface area contributed by atoms with Crippen molar-refractivity contribution < 1.29 is 9.72 Å². The monoisotopic (exact) mass is 313 g/mol. The van der Waals surface area contributed by atoms with Crippen LogP contribution in [-0.2, 0) is 11.2 Å². The van der Waals surface area contributed by atoms with Crippen LogP contribution in [0.4, 0.5) is 5.69 Å². The molecule has 0 amide bonds. The van der Waals surface area contributed by atoms with Gasteiger partial charge in [0, 0.05) is 17.5 Å². The fourth-order valence-electron chi connectivity index (χ4n) is 1.57. The van der Waals surface area contributed by atoms with Crippen LogP contribution in [0.5, 0.6) is 0 Å². The van der Waals surface area contributed by atoms with Crippen molar-refractivity contribution in [3.63, 3.8) is 0 Å². The second kappa shape index (κ2) is 5.61. The van der Waals surface area contributed by atoms with Crippen LogP contribution in [0.2, 0.25) is 0 Å². The number of carbonyl (C=O) groups is 1. The molecule has 0 aromatic heterocycles. The van der Waals surface area contributed by atoms with Crippen LogP contribution in [0.15, 0.2) is 24.3 Å². The SMILES string of the molecule is CC(C)(C)C(=O)C(Br)Cc1cccc([N+](=O)[O-])c1. The van der Waals surface area contributed by atoms with Crippen molar-refractivity contribution in [2.24, 2.45) is 5.41 Å². The van der Waals surface area contributed by atoms with Gasteiger partial charge in [-0.25, -0.2) is 0 Å². The predicted octanol–water partition coefficient (Wildman–Crippen LogP) is 3.52. The Labute approximate surface area is 115 Å². The lowest BCUT2D eigenvalue weighted by Crippen LogP contribution is -2.30. The quantitative estimate of drug-likeness (QED) is 0.485. The summed E-state index contributed by atoms with van der Waals surface area (Å²) in [6.07, 6.45) is 0.456. The number of halogens is 1. The van der Waals surface area contributed by atoms with Crippen LogP contribution in [0.3, 0.4) is 0 Å². The van der Waals surface area contributed by atoms with E-state index in [1.807, 2.05) is 20.8 Å². The van der Waals surface area contributed by atoms with E-state index >= 15 is 0 Å². The molecule has 0 saturated carbocycles. The summed E-state index contributed by atoms with van der Waals surface area (Å²) < 4.78 is 0. The fourth-order valence-corrected chi connectivity index (χ4v) is 2.63. The third-order valence-electron chi connectivity index (χ3n) is 2.56. The highest BCUT2D eigenvalue weighted by Crippen LogP contribution is 2.24. The molecule has 5 heteroatoms. The predicted molar refractivity (Wildman–Crippen MR) is 74.0 cm³/mol. The molecule has 0 saturated heterocycles. The Hall–Kier alpha value is -1.23. The fraction of sp³-hybridized carbons (Fsp3) is 0.462. The van der Waals surface area contributed by atoms with Crippen LogP contribution in [-0.4, -0.2) is 15.5 Å². The molecule has 98 valence electrons.